The van der Waals surface area contributed by atoms with Crippen molar-refractivity contribution in [2.45, 2.75) is 26.3 Å². The van der Waals surface area contributed by atoms with Crippen molar-refractivity contribution in [1.29, 1.82) is 0 Å². The van der Waals surface area contributed by atoms with Gasteiger partial charge in [0.2, 0.25) is 0 Å². The average molecular weight is 350 g/mol. The number of rotatable bonds is 3. The highest BCUT2D eigenvalue weighted by atomic mass is 79.9. The first-order chi connectivity index (χ1) is 9.04. The van der Waals surface area contributed by atoms with Gasteiger partial charge in [-0.05, 0) is 32.9 Å². The Hall–Kier alpha value is -1.50. The summed E-state index contributed by atoms with van der Waals surface area (Å²) in [7, 11) is 0. The number of nitrogens with zero attached hydrogens (tertiary/aromatic N) is 1. The van der Waals surface area contributed by atoms with Gasteiger partial charge in [0, 0.05) is 10.0 Å². The molecule has 1 N–H and O–H groups in total. The molecule has 0 spiro atoms. The number of benzene rings is 1. The molecule has 0 saturated carbocycles. The van der Waals surface area contributed by atoms with Crippen molar-refractivity contribution in [1.82, 2.24) is 4.90 Å². The van der Waals surface area contributed by atoms with Crippen LogP contribution in [0.25, 0.3) is 0 Å². The molecule has 0 atom stereocenters. The highest BCUT2D eigenvalue weighted by Crippen LogP contribution is 2.24. The SMILES string of the molecule is CC(C)(C)N(CC(=O)O)C(=O)c1c(F)cc(Br)cc1F. The van der Waals surface area contributed by atoms with E-state index >= 15 is 0 Å². The van der Waals surface area contributed by atoms with Crippen LogP contribution in [0.1, 0.15) is 31.1 Å². The number of halogens is 3. The summed E-state index contributed by atoms with van der Waals surface area (Å²) in [6, 6.07) is 1.91. The van der Waals surface area contributed by atoms with Crippen LogP contribution in [0.15, 0.2) is 16.6 Å². The molecule has 0 radical (unpaired) electrons. The van der Waals surface area contributed by atoms with Crippen molar-refractivity contribution >= 4 is 27.8 Å². The summed E-state index contributed by atoms with van der Waals surface area (Å²) in [5.41, 5.74) is -1.65. The van der Waals surface area contributed by atoms with Gasteiger partial charge in [-0.25, -0.2) is 8.78 Å². The summed E-state index contributed by atoms with van der Waals surface area (Å²) in [6.07, 6.45) is 0. The second-order valence-electron chi connectivity index (χ2n) is 5.20. The van der Waals surface area contributed by atoms with Crippen molar-refractivity contribution in [2.24, 2.45) is 0 Å². The molecule has 0 bridgehead atoms. The van der Waals surface area contributed by atoms with Gasteiger partial charge in [0.15, 0.2) is 0 Å². The van der Waals surface area contributed by atoms with Crippen LogP contribution >= 0.6 is 15.9 Å². The Morgan fingerprint density at radius 2 is 1.70 bits per heavy atom. The number of carboxylic acid groups (broad SMARTS) is 1. The minimum atomic E-state index is -1.26. The van der Waals surface area contributed by atoms with E-state index in [0.29, 0.717) is 0 Å². The molecule has 1 amide bonds. The fourth-order valence-electron chi connectivity index (χ4n) is 1.63. The molecule has 20 heavy (non-hydrogen) atoms. The zero-order valence-electron chi connectivity index (χ0n) is 11.2. The summed E-state index contributed by atoms with van der Waals surface area (Å²) in [5, 5.41) is 8.84. The van der Waals surface area contributed by atoms with E-state index in [-0.39, 0.29) is 4.47 Å². The minimum Gasteiger partial charge on any atom is -0.480 e. The van der Waals surface area contributed by atoms with Crippen LogP contribution in [0.3, 0.4) is 0 Å². The van der Waals surface area contributed by atoms with E-state index in [1.54, 1.807) is 20.8 Å². The maximum atomic E-state index is 13.8. The van der Waals surface area contributed by atoms with E-state index in [0.717, 1.165) is 17.0 Å². The number of carboxylic acids is 1. The van der Waals surface area contributed by atoms with Gasteiger partial charge < -0.3 is 10.0 Å². The summed E-state index contributed by atoms with van der Waals surface area (Å²) in [4.78, 5) is 24.0. The summed E-state index contributed by atoms with van der Waals surface area (Å²) >= 11 is 2.91. The van der Waals surface area contributed by atoms with Crippen LogP contribution in [0.4, 0.5) is 8.78 Å². The Morgan fingerprint density at radius 3 is 2.05 bits per heavy atom. The van der Waals surface area contributed by atoms with Crippen molar-refractivity contribution < 1.29 is 23.5 Å². The molecule has 0 unspecified atom stereocenters. The molecular formula is C13H14BrF2NO3. The van der Waals surface area contributed by atoms with Crippen molar-refractivity contribution in [2.75, 3.05) is 6.54 Å². The average Bonchev–Trinajstić information content (AvgIpc) is 2.22. The van der Waals surface area contributed by atoms with Gasteiger partial charge in [-0.2, -0.15) is 0 Å². The van der Waals surface area contributed by atoms with E-state index < -0.39 is 41.2 Å². The zero-order valence-corrected chi connectivity index (χ0v) is 12.8. The van der Waals surface area contributed by atoms with Gasteiger partial charge in [0.25, 0.3) is 5.91 Å². The number of amides is 1. The highest BCUT2D eigenvalue weighted by molar-refractivity contribution is 9.10. The predicted octanol–water partition coefficient (Wildman–Crippen LogP) is 3.05. The van der Waals surface area contributed by atoms with Gasteiger partial charge in [-0.15, -0.1) is 0 Å². The molecule has 0 aliphatic rings. The maximum absolute atomic E-state index is 13.8. The van der Waals surface area contributed by atoms with Crippen LogP contribution in [-0.2, 0) is 4.79 Å². The van der Waals surface area contributed by atoms with Crippen molar-refractivity contribution in [3.05, 3.63) is 33.8 Å². The topological polar surface area (TPSA) is 57.6 Å². The van der Waals surface area contributed by atoms with E-state index in [9.17, 15) is 18.4 Å². The van der Waals surface area contributed by atoms with Crippen molar-refractivity contribution in [3.63, 3.8) is 0 Å². The van der Waals surface area contributed by atoms with Crippen LogP contribution in [0.5, 0.6) is 0 Å². The normalized spacial score (nSPS) is 11.3. The lowest BCUT2D eigenvalue weighted by Gasteiger charge is -2.34. The number of carbonyl (C=O) groups is 2. The molecule has 0 fully saturated rings. The van der Waals surface area contributed by atoms with Crippen LogP contribution in [0.2, 0.25) is 0 Å². The second kappa shape index (κ2) is 5.87. The summed E-state index contributed by atoms with van der Waals surface area (Å²) in [5.74, 6) is -4.34. The first-order valence-electron chi connectivity index (χ1n) is 5.72. The molecule has 0 heterocycles. The van der Waals surface area contributed by atoms with E-state index in [1.807, 2.05) is 0 Å². The molecule has 0 aliphatic carbocycles. The fourth-order valence-corrected chi connectivity index (χ4v) is 2.03. The van der Waals surface area contributed by atoms with Crippen LogP contribution in [-0.4, -0.2) is 34.0 Å². The predicted molar refractivity (Wildman–Crippen MR) is 72.5 cm³/mol. The highest BCUT2D eigenvalue weighted by Gasteiger charge is 2.32. The molecule has 0 aromatic heterocycles. The standard InChI is InChI=1S/C13H14BrF2NO3/c1-13(2,3)17(6-10(18)19)12(20)11-8(15)4-7(14)5-9(11)16/h4-5H,6H2,1-3H3,(H,18,19). The van der Waals surface area contributed by atoms with E-state index in [2.05, 4.69) is 15.9 Å². The third kappa shape index (κ3) is 3.75. The third-order valence-corrected chi connectivity index (χ3v) is 3.03. The smallest absolute Gasteiger partial charge is 0.323 e. The fraction of sp³-hybridized carbons (Fsp3) is 0.385. The summed E-state index contributed by atoms with van der Waals surface area (Å²) < 4.78 is 27.7. The largest absolute Gasteiger partial charge is 0.480 e. The molecule has 110 valence electrons. The molecule has 1 rings (SSSR count). The number of aliphatic carboxylic acids is 1. The first kappa shape index (κ1) is 16.6. The van der Waals surface area contributed by atoms with Crippen molar-refractivity contribution in [3.8, 4) is 0 Å². The molecule has 1 aromatic carbocycles. The van der Waals surface area contributed by atoms with Gasteiger partial charge >= 0.3 is 5.97 Å². The third-order valence-electron chi connectivity index (χ3n) is 2.57. The Morgan fingerprint density at radius 1 is 1.25 bits per heavy atom. The van der Waals surface area contributed by atoms with Crippen LogP contribution in [0, 0.1) is 11.6 Å². The van der Waals surface area contributed by atoms with Gasteiger partial charge in [-0.1, -0.05) is 15.9 Å². The van der Waals surface area contributed by atoms with Gasteiger partial charge in [-0.3, -0.25) is 9.59 Å². The monoisotopic (exact) mass is 349 g/mol. The van der Waals surface area contributed by atoms with Gasteiger partial charge in [0.1, 0.15) is 23.7 Å². The molecule has 7 heteroatoms. The number of carbonyl (C=O) groups excluding carboxylic acids is 1. The second-order valence-corrected chi connectivity index (χ2v) is 6.12. The Kier molecular flexibility index (Phi) is 4.86. The molecule has 1 aromatic rings. The zero-order chi connectivity index (χ0) is 15.7. The molecule has 4 nitrogen and oxygen atoms in total. The number of hydrogen-bond acceptors (Lipinski definition) is 2. The lowest BCUT2D eigenvalue weighted by Crippen LogP contribution is -2.48. The quantitative estimate of drug-likeness (QED) is 0.912. The lowest BCUT2D eigenvalue weighted by atomic mass is 10.0. The minimum absolute atomic E-state index is 0.157. The summed E-state index contributed by atoms with van der Waals surface area (Å²) in [6.45, 7) is 4.12. The Bertz CT molecular complexity index is 532. The molecule has 0 aliphatic heterocycles. The molecular weight excluding hydrogens is 336 g/mol. The maximum Gasteiger partial charge on any atom is 0.323 e. The lowest BCUT2D eigenvalue weighted by molar-refractivity contribution is -0.138. The Balaban J connectivity index is 3.30. The van der Waals surface area contributed by atoms with E-state index in [1.165, 1.54) is 0 Å². The number of hydrogen-bond donors (Lipinski definition) is 1. The van der Waals surface area contributed by atoms with E-state index in [4.69, 9.17) is 5.11 Å². The Labute approximate surface area is 123 Å². The molecule has 0 saturated heterocycles. The van der Waals surface area contributed by atoms with Crippen LogP contribution < -0.4 is 0 Å². The van der Waals surface area contributed by atoms with Gasteiger partial charge in [0.05, 0.1) is 0 Å². The first-order valence-corrected chi connectivity index (χ1v) is 6.51.